The number of hydrogen-bond acceptors (Lipinski definition) is 16. The number of nitriles is 1. The largest absolute Gasteiger partial charge is 0.460 e. The van der Waals surface area contributed by atoms with Crippen molar-refractivity contribution < 1.29 is 57.3 Å². The minimum absolute atomic E-state index is 0.109. The van der Waals surface area contributed by atoms with Crippen molar-refractivity contribution in [1.82, 2.24) is 34.7 Å². The monoisotopic (exact) mass is 1640 g/mol. The number of esters is 1. The van der Waals surface area contributed by atoms with E-state index in [1.807, 2.05) is 115 Å². The van der Waals surface area contributed by atoms with Crippen LogP contribution in [-0.2, 0) is 81.8 Å². The highest BCUT2D eigenvalue weighted by atomic mass is 16.6. The molecule has 0 bridgehead atoms. The molecule has 0 saturated carbocycles. The number of benzene rings is 6. The molecule has 21 nitrogen and oxygen atoms in total. The lowest BCUT2D eigenvalue weighted by atomic mass is 9.62. The Morgan fingerprint density at radius 1 is 0.483 bits per heavy atom. The van der Waals surface area contributed by atoms with Crippen LogP contribution in [0.15, 0.2) is 182 Å². The van der Waals surface area contributed by atoms with Gasteiger partial charge in [-0.2, -0.15) is 5.26 Å². The second-order valence-corrected chi connectivity index (χ2v) is 33.9. The molecule has 1 unspecified atom stereocenters. The van der Waals surface area contributed by atoms with Crippen molar-refractivity contribution in [3.8, 4) is 6.07 Å². The van der Waals surface area contributed by atoms with Crippen LogP contribution in [0.25, 0.3) is 4.85 Å². The van der Waals surface area contributed by atoms with Gasteiger partial charge in [-0.05, 0) is 180 Å². The molecule has 0 radical (unpaired) electrons. The van der Waals surface area contributed by atoms with Crippen molar-refractivity contribution in [2.45, 2.75) is 233 Å². The van der Waals surface area contributed by atoms with E-state index in [2.05, 4.69) is 125 Å². The van der Waals surface area contributed by atoms with Crippen molar-refractivity contribution >= 4 is 47.9 Å². The fourth-order valence-electron chi connectivity index (χ4n) is 19.2. The average Bonchev–Trinajstić information content (AvgIpc) is 1.19. The molecule has 7 fully saturated rings. The quantitative estimate of drug-likeness (QED) is 0.0175. The summed E-state index contributed by atoms with van der Waals surface area (Å²) in [4.78, 5) is 119. The lowest BCUT2D eigenvalue weighted by molar-refractivity contribution is -0.153. The SMILES string of the molecule is CCCCCC(=O)N1C(=O)OC[C@H]1Cc1ccccc1.CCCC[C@@H]1C(=O)NCCC12CCN(Cc1ccccc1)CC2.CCCC[C@H](C(=O)N1C(=O)OC[C@H]1Cc1ccccc1)C1(CC#N)CCN(Cc2ccccc2)CC1.[C-]#[N+]C(C(=O)OCC)C1([C@H](CCCC)C(=O)N2C(=O)OC[C@H]2Cc2ccccc2)CCN(Cc2ccccc2)CC1. The van der Waals surface area contributed by atoms with Crippen LogP contribution in [0.1, 0.15) is 203 Å². The Bertz CT molecular complexity index is 4260. The van der Waals surface area contributed by atoms with E-state index in [9.17, 15) is 43.6 Å². The fourth-order valence-corrected chi connectivity index (χ4v) is 19.2. The molecule has 13 rings (SSSR count). The number of carbonyl (C=O) groups excluding carboxylic acids is 8. The Labute approximate surface area is 713 Å². The molecular formula is C99H129N9O12. The summed E-state index contributed by atoms with van der Waals surface area (Å²) < 4.78 is 21.2. The molecule has 0 aliphatic carbocycles. The van der Waals surface area contributed by atoms with Crippen LogP contribution in [-0.4, -0.2) is 174 Å². The number of amides is 7. The number of ether oxygens (including phenoxy) is 4. The van der Waals surface area contributed by atoms with Crippen LogP contribution in [0.2, 0.25) is 0 Å². The summed E-state index contributed by atoms with van der Waals surface area (Å²) in [5.74, 6) is -1.67. The number of imide groups is 3. The zero-order chi connectivity index (χ0) is 85.1. The number of hydrogen-bond donors (Lipinski definition) is 1. The van der Waals surface area contributed by atoms with Gasteiger partial charge in [0.1, 0.15) is 19.8 Å². The van der Waals surface area contributed by atoms with Gasteiger partial charge in [-0.1, -0.05) is 261 Å². The molecule has 1 spiro atoms. The number of nitrogens with zero attached hydrogens (tertiary/aromatic N) is 8. The normalized spacial score (nSPS) is 20.7. The van der Waals surface area contributed by atoms with Crippen molar-refractivity contribution in [2.75, 3.05) is 72.2 Å². The highest BCUT2D eigenvalue weighted by Gasteiger charge is 2.60. The number of likely N-dealkylation sites (tertiary alicyclic amines) is 3. The van der Waals surface area contributed by atoms with Crippen LogP contribution in [0.5, 0.6) is 0 Å². The first-order valence-corrected chi connectivity index (χ1v) is 44.5. The second kappa shape index (κ2) is 47.2. The minimum Gasteiger partial charge on any atom is -0.460 e. The Balaban J connectivity index is 0.000000175. The Morgan fingerprint density at radius 2 is 0.858 bits per heavy atom. The molecule has 0 aromatic heterocycles. The first-order valence-electron chi connectivity index (χ1n) is 44.5. The van der Waals surface area contributed by atoms with E-state index in [0.29, 0.717) is 83.4 Å². The summed E-state index contributed by atoms with van der Waals surface area (Å²) in [6.45, 7) is 27.8. The van der Waals surface area contributed by atoms with E-state index in [1.165, 1.54) is 63.5 Å². The first-order chi connectivity index (χ1) is 58.4. The second-order valence-electron chi connectivity index (χ2n) is 33.9. The molecule has 7 aliphatic rings. The van der Waals surface area contributed by atoms with E-state index in [4.69, 9.17) is 25.5 Å². The van der Waals surface area contributed by atoms with E-state index >= 15 is 0 Å². The highest BCUT2D eigenvalue weighted by molar-refractivity contribution is 5.97. The van der Waals surface area contributed by atoms with E-state index in [-0.39, 0.29) is 66.9 Å². The predicted octanol–water partition coefficient (Wildman–Crippen LogP) is 17.8. The molecule has 6 aromatic carbocycles. The van der Waals surface area contributed by atoms with Gasteiger partial charge < -0.3 is 29.1 Å². The van der Waals surface area contributed by atoms with Crippen LogP contribution in [0.4, 0.5) is 14.4 Å². The standard InChI is InChI=1S/C33H41N3O5.C30H37N3O3.C20H30N2O.C16H21NO3/c1-4-6-17-28(30(37)36-27(24-41-32(36)39)22-25-13-9-7-10-14-25)33(29(34-3)31(38)40-5-2)18-20-35(21-19-33)23-26-15-11-8-12-16-26;1-2-3-14-27(28(34)33-26(23-36-29(33)35)21-24-10-6-4-7-11-24)30(15-18-31)16-19-32(20-17-30)22-25-12-8-5-9-13-25;1-2-3-9-18-19(23)21-13-10-20(18)11-14-22(15-12-20)16-17-7-5-4-6-8-17;1-2-3-5-10-15(18)17-14(12-20-16(17)19)11-13-8-6-4-7-9-13/h7-16,27-29H,4-6,17-24H2,1-2H3;4-13,26-27H,2-3,14-17,19-23H2,1H3;4-8,18H,2-3,9-16H2,1H3,(H,21,23);4,6-9,14H,2-3,5,10-12H2,1H3/t27-,28-,29?;26-,27-;18-;14-/m1111/s1. The number of cyclic esters (lactones) is 3. The van der Waals surface area contributed by atoms with Gasteiger partial charge in [0, 0.05) is 50.9 Å². The third-order valence-corrected chi connectivity index (χ3v) is 26.0. The maximum atomic E-state index is 14.5. The van der Waals surface area contributed by atoms with Gasteiger partial charge in [0.05, 0.1) is 42.1 Å². The smallest absolute Gasteiger partial charge is 0.416 e. The number of unbranched alkanes of at least 4 members (excludes halogenated alkanes) is 5. The van der Waals surface area contributed by atoms with Crippen molar-refractivity contribution in [1.29, 1.82) is 5.26 Å². The van der Waals surface area contributed by atoms with Crippen molar-refractivity contribution in [3.05, 3.63) is 227 Å². The topological polar surface area (TPSA) is 233 Å². The summed E-state index contributed by atoms with van der Waals surface area (Å²) in [6, 6.07) is 61.2. The molecule has 120 heavy (non-hydrogen) atoms. The van der Waals surface area contributed by atoms with E-state index < -0.39 is 53.1 Å². The predicted molar refractivity (Wildman–Crippen MR) is 465 cm³/mol. The maximum absolute atomic E-state index is 14.5. The number of carbonyl (C=O) groups is 8. The Hall–Kier alpha value is -10.1. The van der Waals surface area contributed by atoms with Gasteiger partial charge in [-0.3, -0.25) is 33.9 Å². The van der Waals surface area contributed by atoms with E-state index in [1.54, 1.807) is 6.92 Å². The molecule has 21 heteroatoms. The highest BCUT2D eigenvalue weighted by Crippen LogP contribution is 2.50. The molecule has 7 heterocycles. The van der Waals surface area contributed by atoms with E-state index in [0.717, 1.165) is 133 Å². The minimum atomic E-state index is -1.13. The van der Waals surface area contributed by atoms with Crippen molar-refractivity contribution in [3.63, 3.8) is 0 Å². The van der Waals surface area contributed by atoms with Gasteiger partial charge in [0.2, 0.25) is 23.6 Å². The zero-order valence-electron chi connectivity index (χ0n) is 71.7. The average molecular weight is 1640 g/mol. The lowest BCUT2D eigenvalue weighted by Gasteiger charge is -2.48. The van der Waals surface area contributed by atoms with Crippen LogP contribution < -0.4 is 5.32 Å². The van der Waals surface area contributed by atoms with Gasteiger partial charge in [0.15, 0.2) is 0 Å². The van der Waals surface area contributed by atoms with Crippen LogP contribution >= 0.6 is 0 Å². The summed E-state index contributed by atoms with van der Waals surface area (Å²) in [7, 11) is 0. The molecule has 642 valence electrons. The van der Waals surface area contributed by atoms with Gasteiger partial charge in [0.25, 0.3) is 0 Å². The van der Waals surface area contributed by atoms with Crippen LogP contribution in [0.3, 0.4) is 0 Å². The fraction of sp³-hybridized carbons (Fsp3) is 0.535. The number of piperidine rings is 4. The molecular weight excluding hydrogens is 1510 g/mol. The lowest BCUT2D eigenvalue weighted by Crippen LogP contribution is -2.57. The number of rotatable bonds is 33. The van der Waals surface area contributed by atoms with Crippen molar-refractivity contribution in [2.24, 2.45) is 34.0 Å². The molecule has 7 aliphatic heterocycles. The molecule has 7 saturated heterocycles. The number of nitrogens with one attached hydrogen (secondary N) is 1. The molecule has 1 N–H and O–H groups in total. The maximum Gasteiger partial charge on any atom is 0.416 e. The molecule has 7 atom stereocenters. The summed E-state index contributed by atoms with van der Waals surface area (Å²) in [5.41, 5.74) is 5.95. The Morgan fingerprint density at radius 3 is 1.26 bits per heavy atom. The Kier molecular flexibility index (Phi) is 36.3. The molecule has 7 amide bonds. The summed E-state index contributed by atoms with van der Waals surface area (Å²) >= 11 is 0. The first kappa shape index (κ1) is 92.2. The summed E-state index contributed by atoms with van der Waals surface area (Å²) in [6.07, 6.45) is 17.8. The van der Waals surface area contributed by atoms with Gasteiger partial charge in [-0.15, -0.1) is 0 Å². The third kappa shape index (κ3) is 25.1. The zero-order valence-corrected chi connectivity index (χ0v) is 71.7. The van der Waals surface area contributed by atoms with Gasteiger partial charge >= 0.3 is 30.3 Å². The molecule has 6 aromatic rings. The summed E-state index contributed by atoms with van der Waals surface area (Å²) in [5, 5.41) is 12.9. The van der Waals surface area contributed by atoms with Gasteiger partial charge in [-0.25, -0.2) is 40.5 Å². The van der Waals surface area contributed by atoms with Crippen LogP contribution in [0, 0.1) is 51.9 Å². The third-order valence-electron chi connectivity index (χ3n) is 26.0.